The molecule has 0 unspecified atom stereocenters. The number of halogens is 5. The fourth-order valence-electron chi connectivity index (χ4n) is 5.81. The fourth-order valence-corrected chi connectivity index (χ4v) is 5.81. The summed E-state index contributed by atoms with van der Waals surface area (Å²) in [6.07, 6.45) is -3.43. The summed E-state index contributed by atoms with van der Waals surface area (Å²) in [4.78, 5) is 35.6. The zero-order chi connectivity index (χ0) is 31.9. The molecule has 0 aliphatic carbocycles. The Morgan fingerprint density at radius 1 is 1.07 bits per heavy atom. The third kappa shape index (κ3) is 5.91. The second-order valence-corrected chi connectivity index (χ2v) is 11.1. The van der Waals surface area contributed by atoms with Crippen molar-refractivity contribution in [2.24, 2.45) is 5.92 Å². The van der Waals surface area contributed by atoms with E-state index in [-0.39, 0.29) is 29.8 Å². The van der Waals surface area contributed by atoms with Crippen LogP contribution in [0.5, 0.6) is 17.4 Å². The summed E-state index contributed by atoms with van der Waals surface area (Å²) in [7, 11) is 0. The summed E-state index contributed by atoms with van der Waals surface area (Å²) in [5, 5.41) is 3.00. The van der Waals surface area contributed by atoms with E-state index >= 15 is 0 Å². The first-order chi connectivity index (χ1) is 21.4. The molecular formula is C31H26F5N5O4. The first-order valence-corrected chi connectivity index (χ1v) is 14.0. The van der Waals surface area contributed by atoms with Crippen molar-refractivity contribution in [1.29, 1.82) is 0 Å². The van der Waals surface area contributed by atoms with E-state index in [1.165, 1.54) is 10.6 Å². The van der Waals surface area contributed by atoms with E-state index < -0.39 is 52.8 Å². The smallest absolute Gasteiger partial charge is 0.433 e. The molecule has 1 amide bonds. The molecule has 9 nitrogen and oxygen atoms in total. The van der Waals surface area contributed by atoms with Gasteiger partial charge in [-0.15, -0.1) is 0 Å². The minimum atomic E-state index is -4.77. The van der Waals surface area contributed by atoms with Gasteiger partial charge in [0.05, 0.1) is 6.54 Å². The summed E-state index contributed by atoms with van der Waals surface area (Å²) < 4.78 is 80.5. The van der Waals surface area contributed by atoms with Crippen molar-refractivity contribution in [2.45, 2.75) is 44.8 Å². The summed E-state index contributed by atoms with van der Waals surface area (Å²) in [5.41, 5.74) is -1.97. The molecule has 14 heteroatoms. The molecular weight excluding hydrogens is 601 g/mol. The van der Waals surface area contributed by atoms with Gasteiger partial charge in [0.25, 0.3) is 0 Å². The highest BCUT2D eigenvalue weighted by molar-refractivity contribution is 5.91. The number of carbonyl (C=O) groups excluding carboxylic acids is 1. The Kier molecular flexibility index (Phi) is 7.67. The van der Waals surface area contributed by atoms with Gasteiger partial charge in [0.15, 0.2) is 17.4 Å². The van der Waals surface area contributed by atoms with Crippen molar-refractivity contribution < 1.29 is 36.2 Å². The van der Waals surface area contributed by atoms with Crippen LogP contribution in [0.4, 0.5) is 27.8 Å². The molecule has 4 heterocycles. The number of rotatable bonds is 8. The molecule has 0 radical (unpaired) electrons. The van der Waals surface area contributed by atoms with Gasteiger partial charge in [-0.1, -0.05) is 37.3 Å². The van der Waals surface area contributed by atoms with Gasteiger partial charge in [-0.2, -0.15) is 18.2 Å². The number of nitrogens with one attached hydrogen (secondary N) is 1. The molecule has 2 aromatic heterocycles. The molecule has 1 N–H and O–H groups in total. The van der Waals surface area contributed by atoms with Crippen molar-refractivity contribution in [3.8, 4) is 17.4 Å². The number of ether oxygens (including phenoxy) is 2. The number of benzene rings is 2. The van der Waals surface area contributed by atoms with Crippen molar-refractivity contribution >= 4 is 11.7 Å². The predicted molar refractivity (Wildman–Crippen MR) is 151 cm³/mol. The second-order valence-electron chi connectivity index (χ2n) is 11.1. The minimum Gasteiger partial charge on any atom is -0.473 e. The summed E-state index contributed by atoms with van der Waals surface area (Å²) >= 11 is 0. The number of hydrogen-bond acceptors (Lipinski definition) is 7. The number of carbonyl (C=O) groups is 1. The molecule has 2 aliphatic rings. The van der Waals surface area contributed by atoms with Crippen LogP contribution >= 0.6 is 0 Å². The SMILES string of the molecule is C[C@H]1CN2c3cc(OCc4cc(F)c(Oc5ccnc(C(F)(F)F)c5)c(F)c4)nc(=O)n3C[C@@]2(C(=O)NCc2ccccc2)C1. The van der Waals surface area contributed by atoms with Crippen LogP contribution in [-0.4, -0.2) is 32.5 Å². The first kappa shape index (κ1) is 30.0. The van der Waals surface area contributed by atoms with Gasteiger partial charge >= 0.3 is 11.9 Å². The maximum Gasteiger partial charge on any atom is 0.433 e. The number of nitrogens with zero attached hydrogens (tertiary/aromatic N) is 4. The Labute approximate surface area is 253 Å². The lowest BCUT2D eigenvalue weighted by Gasteiger charge is -2.31. The number of aromatic nitrogens is 3. The topological polar surface area (TPSA) is 98.6 Å². The largest absolute Gasteiger partial charge is 0.473 e. The third-order valence-electron chi connectivity index (χ3n) is 7.76. The van der Waals surface area contributed by atoms with Gasteiger partial charge in [-0.3, -0.25) is 14.3 Å². The first-order valence-electron chi connectivity index (χ1n) is 14.0. The highest BCUT2D eigenvalue weighted by atomic mass is 19.4. The van der Waals surface area contributed by atoms with Gasteiger partial charge in [-0.25, -0.2) is 13.6 Å². The Balaban J connectivity index is 1.18. The molecule has 1 fully saturated rings. The lowest BCUT2D eigenvalue weighted by Crippen LogP contribution is -2.54. The van der Waals surface area contributed by atoms with Gasteiger partial charge in [-0.05, 0) is 41.7 Å². The third-order valence-corrected chi connectivity index (χ3v) is 7.76. The Bertz CT molecular complexity index is 1790. The van der Waals surface area contributed by atoms with Crippen LogP contribution < -0.4 is 25.4 Å². The highest BCUT2D eigenvalue weighted by Crippen LogP contribution is 2.44. The molecule has 4 aromatic rings. The van der Waals surface area contributed by atoms with Gasteiger partial charge < -0.3 is 19.7 Å². The zero-order valence-electron chi connectivity index (χ0n) is 23.8. The number of pyridine rings is 1. The average Bonchev–Trinajstić information content (AvgIpc) is 3.50. The van der Waals surface area contributed by atoms with Gasteiger partial charge in [0.2, 0.25) is 11.8 Å². The van der Waals surface area contributed by atoms with Crippen molar-refractivity contribution in [1.82, 2.24) is 19.9 Å². The van der Waals surface area contributed by atoms with Crippen LogP contribution in [0.15, 0.2) is 71.7 Å². The number of amides is 1. The van der Waals surface area contributed by atoms with E-state index in [4.69, 9.17) is 9.47 Å². The van der Waals surface area contributed by atoms with E-state index in [0.29, 0.717) is 31.4 Å². The summed E-state index contributed by atoms with van der Waals surface area (Å²) in [6.45, 7) is 2.58. The monoisotopic (exact) mass is 627 g/mol. The molecule has 2 aromatic carbocycles. The molecule has 0 saturated carbocycles. The van der Waals surface area contributed by atoms with Crippen LogP contribution in [0.3, 0.4) is 0 Å². The maximum absolute atomic E-state index is 14.8. The summed E-state index contributed by atoms with van der Waals surface area (Å²) in [5.74, 6) is -3.44. The molecule has 2 aliphatic heterocycles. The van der Waals surface area contributed by atoms with E-state index in [0.717, 1.165) is 30.0 Å². The molecule has 234 valence electrons. The van der Waals surface area contributed by atoms with Crippen LogP contribution in [0, 0.1) is 17.6 Å². The molecule has 6 rings (SSSR count). The van der Waals surface area contributed by atoms with Gasteiger partial charge in [0, 0.05) is 31.4 Å². The van der Waals surface area contributed by atoms with Crippen molar-refractivity contribution in [3.63, 3.8) is 0 Å². The lowest BCUT2D eigenvalue weighted by molar-refractivity contribution is -0.141. The van der Waals surface area contributed by atoms with E-state index in [2.05, 4.69) is 15.3 Å². The molecule has 0 bridgehead atoms. The Hall–Kier alpha value is -5.01. The number of anilines is 1. The molecule has 0 spiro atoms. The highest BCUT2D eigenvalue weighted by Gasteiger charge is 2.55. The van der Waals surface area contributed by atoms with Crippen LogP contribution in [0.1, 0.15) is 30.2 Å². The van der Waals surface area contributed by atoms with Gasteiger partial charge in [0.1, 0.15) is 29.4 Å². The second kappa shape index (κ2) is 11.5. The standard InChI is InChI=1S/C31H26F5N5O4/c1-18-13-30(28(42)38-14-19-5-3-2-4-6-19)17-40-26(41(30)15-18)12-25(39-29(40)43)44-16-20-9-22(32)27(23(33)10-20)45-21-7-8-37-24(11-21)31(34,35)36/h2-12,18H,13-17H2,1H3,(H,38,42)/t18-,30-/m1/s1. The predicted octanol–water partition coefficient (Wildman–Crippen LogP) is 5.22. The number of fused-ring (bicyclic) bond motifs is 3. The zero-order valence-corrected chi connectivity index (χ0v) is 23.8. The Morgan fingerprint density at radius 2 is 1.80 bits per heavy atom. The maximum atomic E-state index is 14.8. The normalized spacial score (nSPS) is 18.8. The fraction of sp³-hybridized carbons (Fsp3) is 0.290. The number of alkyl halides is 3. The Morgan fingerprint density at radius 3 is 2.51 bits per heavy atom. The molecule has 1 saturated heterocycles. The van der Waals surface area contributed by atoms with Crippen LogP contribution in [0.25, 0.3) is 0 Å². The molecule has 2 atom stereocenters. The van der Waals surface area contributed by atoms with Crippen LogP contribution in [0.2, 0.25) is 0 Å². The average molecular weight is 628 g/mol. The van der Waals surface area contributed by atoms with E-state index in [1.807, 2.05) is 42.2 Å². The lowest BCUT2D eigenvalue weighted by atomic mass is 9.92. The number of hydrogen-bond donors (Lipinski definition) is 1. The van der Waals surface area contributed by atoms with Crippen molar-refractivity contribution in [3.05, 3.63) is 106 Å². The molecule has 45 heavy (non-hydrogen) atoms. The van der Waals surface area contributed by atoms with E-state index in [9.17, 15) is 31.5 Å². The van der Waals surface area contributed by atoms with Crippen molar-refractivity contribution in [2.75, 3.05) is 11.4 Å². The van der Waals surface area contributed by atoms with Crippen LogP contribution in [-0.2, 0) is 30.7 Å². The quantitative estimate of drug-likeness (QED) is 0.268. The van der Waals surface area contributed by atoms with E-state index in [1.54, 1.807) is 0 Å². The summed E-state index contributed by atoms with van der Waals surface area (Å²) in [6, 6.07) is 14.3. The minimum absolute atomic E-state index is 0.00916.